The van der Waals surface area contributed by atoms with E-state index in [0.717, 1.165) is 25.7 Å². The first-order valence-electron chi connectivity index (χ1n) is 7.22. The summed E-state index contributed by atoms with van der Waals surface area (Å²) in [4.78, 5) is 11.5. The Bertz CT molecular complexity index is 709. The lowest BCUT2D eigenvalue weighted by molar-refractivity contribution is 0.0688. The second kappa shape index (κ2) is 6.26. The SMILES string of the molecule is O=C(O)c1nnn(-c2cc(Cl)ccc2Cl)c1C1CCCCC1. The second-order valence-electron chi connectivity index (χ2n) is 5.47. The van der Waals surface area contributed by atoms with Crippen LogP contribution in [0.2, 0.25) is 10.0 Å². The van der Waals surface area contributed by atoms with Crippen LogP contribution in [0.4, 0.5) is 0 Å². The molecule has 0 atom stereocenters. The van der Waals surface area contributed by atoms with Gasteiger partial charge in [0.25, 0.3) is 0 Å². The molecule has 0 unspecified atom stereocenters. The molecule has 0 radical (unpaired) electrons. The molecule has 1 fully saturated rings. The van der Waals surface area contributed by atoms with Crippen molar-refractivity contribution in [3.05, 3.63) is 39.6 Å². The largest absolute Gasteiger partial charge is 0.476 e. The van der Waals surface area contributed by atoms with Gasteiger partial charge in [0.1, 0.15) is 0 Å². The maximum absolute atomic E-state index is 11.5. The molecule has 0 aliphatic heterocycles. The number of carboxylic acid groups (broad SMARTS) is 1. The minimum Gasteiger partial charge on any atom is -0.476 e. The van der Waals surface area contributed by atoms with E-state index in [1.54, 1.807) is 18.2 Å². The van der Waals surface area contributed by atoms with Gasteiger partial charge in [0.15, 0.2) is 5.69 Å². The van der Waals surface area contributed by atoms with Gasteiger partial charge in [0, 0.05) is 10.9 Å². The van der Waals surface area contributed by atoms with Gasteiger partial charge in [-0.1, -0.05) is 47.7 Å². The molecule has 1 saturated carbocycles. The number of aromatic nitrogens is 3. The van der Waals surface area contributed by atoms with Crippen molar-refractivity contribution in [2.75, 3.05) is 0 Å². The van der Waals surface area contributed by atoms with Crippen molar-refractivity contribution < 1.29 is 9.90 Å². The summed E-state index contributed by atoms with van der Waals surface area (Å²) in [5, 5.41) is 18.3. The zero-order chi connectivity index (χ0) is 15.7. The smallest absolute Gasteiger partial charge is 0.358 e. The molecule has 0 amide bonds. The van der Waals surface area contributed by atoms with E-state index in [1.165, 1.54) is 11.1 Å². The number of carboxylic acids is 1. The van der Waals surface area contributed by atoms with Crippen LogP contribution in [0.5, 0.6) is 0 Å². The van der Waals surface area contributed by atoms with E-state index in [0.29, 0.717) is 21.4 Å². The summed E-state index contributed by atoms with van der Waals surface area (Å²) in [5.74, 6) is -0.935. The lowest BCUT2D eigenvalue weighted by atomic mass is 9.86. The van der Waals surface area contributed by atoms with E-state index in [-0.39, 0.29) is 11.6 Å². The molecular weight excluding hydrogens is 325 g/mol. The zero-order valence-electron chi connectivity index (χ0n) is 11.8. The third-order valence-corrected chi connectivity index (χ3v) is 4.59. The molecule has 0 spiro atoms. The van der Waals surface area contributed by atoms with Crippen molar-refractivity contribution in [3.63, 3.8) is 0 Å². The number of rotatable bonds is 3. The molecule has 116 valence electrons. The van der Waals surface area contributed by atoms with Crippen LogP contribution in [-0.4, -0.2) is 26.1 Å². The first-order chi connectivity index (χ1) is 10.6. The number of hydrogen-bond acceptors (Lipinski definition) is 3. The molecule has 1 aromatic heterocycles. The first-order valence-corrected chi connectivity index (χ1v) is 7.98. The fourth-order valence-electron chi connectivity index (χ4n) is 3.01. The van der Waals surface area contributed by atoms with Crippen molar-refractivity contribution >= 4 is 29.2 Å². The number of carbonyl (C=O) groups is 1. The lowest BCUT2D eigenvalue weighted by Crippen LogP contribution is -2.15. The van der Waals surface area contributed by atoms with E-state index < -0.39 is 5.97 Å². The Balaban J connectivity index is 2.15. The number of halogens is 2. The fourth-order valence-corrected chi connectivity index (χ4v) is 3.37. The number of hydrogen-bond donors (Lipinski definition) is 1. The molecule has 22 heavy (non-hydrogen) atoms. The van der Waals surface area contributed by atoms with Crippen LogP contribution in [-0.2, 0) is 0 Å². The Labute approximate surface area is 137 Å². The van der Waals surface area contributed by atoms with Gasteiger partial charge >= 0.3 is 5.97 Å². The zero-order valence-corrected chi connectivity index (χ0v) is 13.3. The van der Waals surface area contributed by atoms with Crippen molar-refractivity contribution in [1.29, 1.82) is 0 Å². The highest BCUT2D eigenvalue weighted by Gasteiger charge is 2.29. The molecule has 3 rings (SSSR count). The molecule has 1 heterocycles. The summed E-state index contributed by atoms with van der Waals surface area (Å²) in [6.07, 6.45) is 5.21. The topological polar surface area (TPSA) is 68.0 Å². The third-order valence-electron chi connectivity index (χ3n) is 4.04. The Morgan fingerprint density at radius 2 is 1.95 bits per heavy atom. The van der Waals surface area contributed by atoms with Gasteiger partial charge in [-0.2, -0.15) is 0 Å². The van der Waals surface area contributed by atoms with Crippen molar-refractivity contribution in [2.24, 2.45) is 0 Å². The Hall–Kier alpha value is -1.59. The molecule has 1 aromatic carbocycles. The summed E-state index contributed by atoms with van der Waals surface area (Å²) in [6.45, 7) is 0. The standard InChI is InChI=1S/C15H15Cl2N3O2/c16-10-6-7-11(17)12(8-10)20-14(9-4-2-1-3-5-9)13(15(21)22)18-19-20/h6-9H,1-5H2,(H,21,22). The van der Waals surface area contributed by atoms with Gasteiger partial charge in [-0.15, -0.1) is 5.10 Å². The van der Waals surface area contributed by atoms with Gasteiger partial charge in [-0.25, -0.2) is 9.48 Å². The molecule has 1 aliphatic rings. The minimum atomic E-state index is -1.06. The van der Waals surface area contributed by atoms with E-state index >= 15 is 0 Å². The van der Waals surface area contributed by atoms with Gasteiger partial charge in [0.05, 0.1) is 16.4 Å². The number of benzene rings is 1. The monoisotopic (exact) mass is 339 g/mol. The molecular formula is C15H15Cl2N3O2. The van der Waals surface area contributed by atoms with E-state index in [1.807, 2.05) is 0 Å². The average molecular weight is 340 g/mol. The van der Waals surface area contributed by atoms with Gasteiger partial charge in [0.2, 0.25) is 0 Å². The Kier molecular flexibility index (Phi) is 4.36. The highest BCUT2D eigenvalue weighted by molar-refractivity contribution is 6.34. The molecule has 0 bridgehead atoms. The van der Waals surface area contributed by atoms with Gasteiger partial charge < -0.3 is 5.11 Å². The van der Waals surface area contributed by atoms with E-state index in [2.05, 4.69) is 10.3 Å². The normalized spacial score (nSPS) is 15.9. The molecule has 5 nitrogen and oxygen atoms in total. The van der Waals surface area contributed by atoms with Crippen molar-refractivity contribution in [3.8, 4) is 5.69 Å². The van der Waals surface area contributed by atoms with Crippen LogP contribution in [0.1, 0.15) is 54.2 Å². The van der Waals surface area contributed by atoms with Crippen molar-refractivity contribution in [2.45, 2.75) is 38.0 Å². The highest BCUT2D eigenvalue weighted by Crippen LogP contribution is 2.36. The Morgan fingerprint density at radius 3 is 2.64 bits per heavy atom. The summed E-state index contributed by atoms with van der Waals surface area (Å²) >= 11 is 12.3. The summed E-state index contributed by atoms with van der Waals surface area (Å²) in [7, 11) is 0. The number of nitrogens with zero attached hydrogens (tertiary/aromatic N) is 3. The Morgan fingerprint density at radius 1 is 1.23 bits per heavy atom. The maximum atomic E-state index is 11.5. The van der Waals surface area contributed by atoms with Crippen molar-refractivity contribution in [1.82, 2.24) is 15.0 Å². The van der Waals surface area contributed by atoms with Crippen LogP contribution in [0.3, 0.4) is 0 Å². The molecule has 1 aliphatic carbocycles. The minimum absolute atomic E-state index is 0.00272. The lowest BCUT2D eigenvalue weighted by Gasteiger charge is -2.22. The van der Waals surface area contributed by atoms with Crippen LogP contribution in [0, 0.1) is 0 Å². The predicted molar refractivity (Wildman–Crippen MR) is 84.2 cm³/mol. The molecule has 1 N–H and O–H groups in total. The quantitative estimate of drug-likeness (QED) is 0.903. The predicted octanol–water partition coefficient (Wildman–Crippen LogP) is 4.32. The summed E-state index contributed by atoms with van der Waals surface area (Å²) < 4.78 is 1.54. The third kappa shape index (κ3) is 2.83. The molecule has 2 aromatic rings. The average Bonchev–Trinajstić information content (AvgIpc) is 2.95. The van der Waals surface area contributed by atoms with Crippen LogP contribution in [0.25, 0.3) is 5.69 Å². The fraction of sp³-hybridized carbons (Fsp3) is 0.400. The second-order valence-corrected chi connectivity index (χ2v) is 6.31. The van der Waals surface area contributed by atoms with E-state index in [9.17, 15) is 9.90 Å². The van der Waals surface area contributed by atoms with Crippen LogP contribution in [0.15, 0.2) is 18.2 Å². The maximum Gasteiger partial charge on any atom is 0.358 e. The van der Waals surface area contributed by atoms with Gasteiger partial charge in [-0.05, 0) is 31.0 Å². The van der Waals surface area contributed by atoms with Crippen LogP contribution < -0.4 is 0 Å². The summed E-state index contributed by atoms with van der Waals surface area (Å²) in [5.41, 5.74) is 1.19. The van der Waals surface area contributed by atoms with E-state index in [4.69, 9.17) is 23.2 Å². The summed E-state index contributed by atoms with van der Waals surface area (Å²) in [6, 6.07) is 5.03. The highest BCUT2D eigenvalue weighted by atomic mass is 35.5. The first kappa shape index (κ1) is 15.3. The molecule has 0 saturated heterocycles. The molecule has 7 heteroatoms. The van der Waals surface area contributed by atoms with Gasteiger partial charge in [-0.3, -0.25) is 0 Å². The van der Waals surface area contributed by atoms with Crippen LogP contribution >= 0.6 is 23.2 Å². The number of aromatic carboxylic acids is 1.